The fourth-order valence-corrected chi connectivity index (χ4v) is 4.01. The first-order valence-electron chi connectivity index (χ1n) is 10.2. The first-order chi connectivity index (χ1) is 16.0. The lowest BCUT2D eigenvalue weighted by molar-refractivity contribution is -0.133. The predicted molar refractivity (Wildman–Crippen MR) is 127 cm³/mol. The van der Waals surface area contributed by atoms with Crippen molar-refractivity contribution in [2.45, 2.75) is 5.92 Å². The van der Waals surface area contributed by atoms with Crippen LogP contribution >= 0.6 is 15.9 Å². The van der Waals surface area contributed by atoms with Crippen LogP contribution in [0.5, 0.6) is 5.75 Å². The van der Waals surface area contributed by atoms with Crippen LogP contribution in [0.15, 0.2) is 88.4 Å². The molecule has 0 aromatic heterocycles. The third-order valence-corrected chi connectivity index (χ3v) is 5.70. The van der Waals surface area contributed by atoms with Gasteiger partial charge >= 0.3 is 5.97 Å². The molecule has 1 aliphatic rings. The zero-order chi connectivity index (χ0) is 23.2. The molecule has 0 bridgehead atoms. The van der Waals surface area contributed by atoms with Gasteiger partial charge in [0.25, 0.3) is 5.91 Å². The molecule has 1 aliphatic heterocycles. The van der Waals surface area contributed by atoms with E-state index < -0.39 is 17.8 Å². The Bertz CT molecular complexity index is 1210. The summed E-state index contributed by atoms with van der Waals surface area (Å²) in [4.78, 5) is 37.2. The van der Waals surface area contributed by atoms with Crippen molar-refractivity contribution in [2.75, 3.05) is 6.54 Å². The average molecular weight is 506 g/mol. The predicted octanol–water partition coefficient (Wildman–Crippen LogP) is 3.65. The van der Waals surface area contributed by atoms with Crippen molar-refractivity contribution < 1.29 is 19.1 Å². The number of ether oxygens (including phenoxy) is 1. The Morgan fingerprint density at radius 1 is 1.03 bits per heavy atom. The third kappa shape index (κ3) is 5.53. The molecule has 0 spiro atoms. The molecule has 2 N–H and O–H groups in total. The highest BCUT2D eigenvalue weighted by molar-refractivity contribution is 9.10. The van der Waals surface area contributed by atoms with Gasteiger partial charge in [-0.25, -0.2) is 10.2 Å². The van der Waals surface area contributed by atoms with E-state index in [-0.39, 0.29) is 11.8 Å². The molecular weight excluding hydrogens is 486 g/mol. The zero-order valence-electron chi connectivity index (χ0n) is 17.4. The number of nitrogens with zero attached hydrogens (tertiary/aromatic N) is 1. The van der Waals surface area contributed by atoms with E-state index in [1.165, 1.54) is 6.21 Å². The quantitative estimate of drug-likeness (QED) is 0.175. The van der Waals surface area contributed by atoms with E-state index >= 15 is 0 Å². The number of nitrogens with one attached hydrogen (secondary N) is 2. The second-order valence-corrected chi connectivity index (χ2v) is 8.36. The summed E-state index contributed by atoms with van der Waals surface area (Å²) in [6.07, 6.45) is 1.43. The van der Waals surface area contributed by atoms with Crippen LogP contribution < -0.4 is 15.5 Å². The van der Waals surface area contributed by atoms with Gasteiger partial charge in [0.15, 0.2) is 0 Å². The van der Waals surface area contributed by atoms with Gasteiger partial charge in [-0.1, -0.05) is 64.5 Å². The number of esters is 1. The van der Waals surface area contributed by atoms with Gasteiger partial charge in [0.1, 0.15) is 11.7 Å². The van der Waals surface area contributed by atoms with Crippen molar-refractivity contribution in [3.63, 3.8) is 0 Å². The molecule has 33 heavy (non-hydrogen) atoms. The fraction of sp³-hybridized carbons (Fsp3) is 0.120. The van der Waals surface area contributed by atoms with Crippen molar-refractivity contribution >= 4 is 39.9 Å². The number of hydrogen-bond donors (Lipinski definition) is 2. The van der Waals surface area contributed by atoms with E-state index in [2.05, 4.69) is 31.8 Å². The maximum absolute atomic E-state index is 12.7. The summed E-state index contributed by atoms with van der Waals surface area (Å²) < 4.78 is 6.20. The molecule has 3 aromatic carbocycles. The number of rotatable bonds is 6. The van der Waals surface area contributed by atoms with E-state index in [1.807, 2.05) is 36.4 Å². The molecule has 3 aromatic rings. The van der Waals surface area contributed by atoms with E-state index in [1.54, 1.807) is 42.5 Å². The normalized spacial score (nSPS) is 17.5. The van der Waals surface area contributed by atoms with Crippen molar-refractivity contribution in [1.82, 2.24) is 10.7 Å². The van der Waals surface area contributed by atoms with Crippen LogP contribution in [0, 0.1) is 5.92 Å². The lowest BCUT2D eigenvalue weighted by Gasteiger charge is -2.15. The Balaban J connectivity index is 1.39. The van der Waals surface area contributed by atoms with E-state index in [9.17, 15) is 14.4 Å². The summed E-state index contributed by atoms with van der Waals surface area (Å²) in [7, 11) is 0. The Morgan fingerprint density at radius 3 is 2.61 bits per heavy atom. The molecule has 0 radical (unpaired) electrons. The number of carbonyl (C=O) groups is 3. The smallest absolute Gasteiger partial charge is 0.343 e. The molecule has 4 rings (SSSR count). The Labute approximate surface area is 199 Å². The summed E-state index contributed by atoms with van der Waals surface area (Å²) in [5.41, 5.74) is 4.40. The second-order valence-electron chi connectivity index (χ2n) is 7.45. The van der Waals surface area contributed by atoms with Gasteiger partial charge in [0.05, 0.1) is 11.8 Å². The molecule has 1 saturated heterocycles. The molecule has 166 valence electrons. The Hall–Kier alpha value is -3.78. The Kier molecular flexibility index (Phi) is 6.95. The van der Waals surface area contributed by atoms with Crippen LogP contribution in [0.2, 0.25) is 0 Å². The van der Waals surface area contributed by atoms with Gasteiger partial charge in [0, 0.05) is 16.9 Å². The van der Waals surface area contributed by atoms with Crippen LogP contribution in [0.1, 0.15) is 27.4 Å². The van der Waals surface area contributed by atoms with Crippen molar-refractivity contribution in [3.8, 4) is 5.75 Å². The first kappa shape index (κ1) is 22.4. The van der Waals surface area contributed by atoms with Gasteiger partial charge in [-0.05, 0) is 41.5 Å². The summed E-state index contributed by atoms with van der Waals surface area (Å²) in [5, 5.41) is 6.73. The SMILES string of the molecule is O=C(Oc1cccc(C=NNC(=O)C2C(=O)NCC2c2ccccc2)c1)c1cccc(Br)c1. The van der Waals surface area contributed by atoms with E-state index in [4.69, 9.17) is 4.74 Å². The lowest BCUT2D eigenvalue weighted by atomic mass is 9.88. The number of halogens is 1. The maximum Gasteiger partial charge on any atom is 0.343 e. The van der Waals surface area contributed by atoms with Gasteiger partial charge < -0.3 is 10.1 Å². The number of benzene rings is 3. The molecule has 2 atom stereocenters. The maximum atomic E-state index is 12.7. The van der Waals surface area contributed by atoms with Gasteiger partial charge in [-0.3, -0.25) is 9.59 Å². The van der Waals surface area contributed by atoms with Crippen molar-refractivity contribution in [2.24, 2.45) is 11.0 Å². The third-order valence-electron chi connectivity index (χ3n) is 5.21. The van der Waals surface area contributed by atoms with Crippen LogP contribution in [-0.2, 0) is 9.59 Å². The molecular formula is C25H20BrN3O4. The highest BCUT2D eigenvalue weighted by Crippen LogP contribution is 2.29. The zero-order valence-corrected chi connectivity index (χ0v) is 19.0. The van der Waals surface area contributed by atoms with Crippen molar-refractivity contribution in [1.29, 1.82) is 0 Å². The van der Waals surface area contributed by atoms with Crippen LogP contribution in [-0.4, -0.2) is 30.5 Å². The monoisotopic (exact) mass is 505 g/mol. The highest BCUT2D eigenvalue weighted by Gasteiger charge is 2.40. The van der Waals surface area contributed by atoms with Crippen LogP contribution in [0.4, 0.5) is 0 Å². The highest BCUT2D eigenvalue weighted by atomic mass is 79.9. The number of amides is 2. The van der Waals surface area contributed by atoms with Crippen LogP contribution in [0.25, 0.3) is 0 Å². The molecule has 0 saturated carbocycles. The lowest BCUT2D eigenvalue weighted by Crippen LogP contribution is -2.34. The molecule has 2 amide bonds. The average Bonchev–Trinajstić information content (AvgIpc) is 3.21. The summed E-state index contributed by atoms with van der Waals surface area (Å²) in [6.45, 7) is 0.399. The number of hydrogen-bond acceptors (Lipinski definition) is 5. The summed E-state index contributed by atoms with van der Waals surface area (Å²) >= 11 is 3.33. The second kappa shape index (κ2) is 10.2. The standard InChI is InChI=1S/C25H20BrN3O4/c26-19-10-5-9-18(13-19)25(32)33-20-11-4-6-16(12-20)14-28-29-24(31)22-21(15-27-23(22)30)17-7-2-1-3-8-17/h1-14,21-22H,15H2,(H,27,30)(H,29,31). The summed E-state index contributed by atoms with van der Waals surface area (Å²) in [5.74, 6) is -2.06. The largest absolute Gasteiger partial charge is 0.423 e. The van der Waals surface area contributed by atoms with Gasteiger partial charge in [-0.2, -0.15) is 5.10 Å². The number of carbonyl (C=O) groups excluding carboxylic acids is 3. The Morgan fingerprint density at radius 2 is 1.82 bits per heavy atom. The van der Waals surface area contributed by atoms with Crippen LogP contribution in [0.3, 0.4) is 0 Å². The molecule has 7 nitrogen and oxygen atoms in total. The van der Waals surface area contributed by atoms with E-state index in [0.29, 0.717) is 23.4 Å². The fourth-order valence-electron chi connectivity index (χ4n) is 3.61. The topological polar surface area (TPSA) is 96.9 Å². The first-order valence-corrected chi connectivity index (χ1v) is 11.0. The minimum Gasteiger partial charge on any atom is -0.423 e. The summed E-state index contributed by atoms with van der Waals surface area (Å²) in [6, 6.07) is 23.1. The molecule has 0 aliphatic carbocycles. The van der Waals surface area contributed by atoms with Gasteiger partial charge in [0.2, 0.25) is 5.91 Å². The molecule has 1 fully saturated rings. The van der Waals surface area contributed by atoms with Crippen molar-refractivity contribution in [3.05, 3.63) is 100 Å². The number of hydrazone groups is 1. The molecule has 8 heteroatoms. The minimum atomic E-state index is -0.859. The molecule has 1 heterocycles. The van der Waals surface area contributed by atoms with E-state index in [0.717, 1.165) is 10.0 Å². The molecule has 2 unspecified atom stereocenters. The minimum absolute atomic E-state index is 0.255. The van der Waals surface area contributed by atoms with Gasteiger partial charge in [-0.15, -0.1) is 0 Å².